The molecule has 0 radical (unpaired) electrons. The number of nitrogens with zero attached hydrogens (tertiary/aromatic N) is 2. The van der Waals surface area contributed by atoms with Gasteiger partial charge in [0.1, 0.15) is 5.75 Å². The zero-order valence-corrected chi connectivity index (χ0v) is 18.7. The summed E-state index contributed by atoms with van der Waals surface area (Å²) in [6, 6.07) is 7.74. The highest BCUT2D eigenvalue weighted by Crippen LogP contribution is 2.26. The van der Waals surface area contributed by atoms with Crippen molar-refractivity contribution >= 4 is 17.8 Å². The van der Waals surface area contributed by atoms with Crippen molar-refractivity contribution in [2.45, 2.75) is 51.1 Å². The Bertz CT molecular complexity index is 759. The quantitative estimate of drug-likeness (QED) is 0.453. The maximum Gasteiger partial charge on any atom is 0.239 e. The van der Waals surface area contributed by atoms with E-state index in [4.69, 9.17) is 4.74 Å². The Morgan fingerprint density at radius 2 is 1.84 bits per heavy atom. The average molecular weight is 430 g/mol. The average Bonchev–Trinajstić information content (AvgIpc) is 3.29. The smallest absolute Gasteiger partial charge is 0.239 e. The predicted octanol–water partition coefficient (Wildman–Crippen LogP) is 1.66. The summed E-state index contributed by atoms with van der Waals surface area (Å²) in [5.74, 6) is 1.78. The summed E-state index contributed by atoms with van der Waals surface area (Å²) >= 11 is 0. The summed E-state index contributed by atoms with van der Waals surface area (Å²) in [7, 11) is 3.31. The van der Waals surface area contributed by atoms with Crippen molar-refractivity contribution in [2.24, 2.45) is 10.9 Å². The number of benzene rings is 1. The maximum absolute atomic E-state index is 12.7. The first-order valence-electron chi connectivity index (χ1n) is 11.2. The highest BCUT2D eigenvalue weighted by Gasteiger charge is 2.31. The van der Waals surface area contributed by atoms with Crippen LogP contribution in [0.15, 0.2) is 29.3 Å². The minimum absolute atomic E-state index is 0.112. The number of ether oxygens (including phenoxy) is 1. The van der Waals surface area contributed by atoms with Crippen LogP contribution in [0.2, 0.25) is 0 Å². The van der Waals surface area contributed by atoms with Gasteiger partial charge >= 0.3 is 0 Å². The molecule has 31 heavy (non-hydrogen) atoms. The molecule has 2 amide bonds. The first-order chi connectivity index (χ1) is 15.1. The topological polar surface area (TPSA) is 95.1 Å². The Morgan fingerprint density at radius 1 is 1.10 bits per heavy atom. The molecule has 1 aromatic carbocycles. The summed E-state index contributed by atoms with van der Waals surface area (Å²) in [4.78, 5) is 31.1. The summed E-state index contributed by atoms with van der Waals surface area (Å²) in [5.41, 5.74) is 1.00. The SMILES string of the molecule is CN=C(NCC(=O)NCc1ccc(OC)cc1)NC1CCN(C(=O)C2CCCCC2)C1. The van der Waals surface area contributed by atoms with E-state index in [2.05, 4.69) is 20.9 Å². The van der Waals surface area contributed by atoms with Gasteiger partial charge < -0.3 is 25.6 Å². The normalized spacial score (nSPS) is 19.7. The van der Waals surface area contributed by atoms with Crippen molar-refractivity contribution < 1.29 is 14.3 Å². The Hall–Kier alpha value is -2.77. The van der Waals surface area contributed by atoms with Gasteiger partial charge in [-0.25, -0.2) is 0 Å². The third-order valence-corrected chi connectivity index (χ3v) is 6.08. The Kier molecular flexibility index (Phi) is 8.55. The fourth-order valence-electron chi connectivity index (χ4n) is 4.24. The predicted molar refractivity (Wildman–Crippen MR) is 121 cm³/mol. The number of aliphatic imine (C=N–C) groups is 1. The molecule has 3 rings (SSSR count). The van der Waals surface area contributed by atoms with E-state index in [0.29, 0.717) is 25.0 Å². The van der Waals surface area contributed by atoms with Gasteiger partial charge in [-0.15, -0.1) is 0 Å². The van der Waals surface area contributed by atoms with Crippen molar-refractivity contribution in [1.82, 2.24) is 20.9 Å². The van der Waals surface area contributed by atoms with Crippen LogP contribution in [-0.2, 0) is 16.1 Å². The number of rotatable bonds is 7. The van der Waals surface area contributed by atoms with Crippen LogP contribution >= 0.6 is 0 Å². The second-order valence-corrected chi connectivity index (χ2v) is 8.30. The molecule has 1 aromatic rings. The first kappa shape index (κ1) is 22.9. The minimum Gasteiger partial charge on any atom is -0.497 e. The van der Waals surface area contributed by atoms with Crippen LogP contribution in [0.5, 0.6) is 5.75 Å². The first-order valence-corrected chi connectivity index (χ1v) is 11.2. The van der Waals surface area contributed by atoms with Gasteiger partial charge in [0.05, 0.1) is 13.7 Å². The standard InChI is InChI=1S/C23H35N5O3/c1-24-23(26-15-21(29)25-14-17-8-10-20(31-2)11-9-17)27-19-12-13-28(16-19)22(30)18-6-4-3-5-7-18/h8-11,18-19H,3-7,12-16H2,1-2H3,(H,25,29)(H2,24,26,27). The number of hydrogen-bond donors (Lipinski definition) is 3. The maximum atomic E-state index is 12.7. The number of hydrogen-bond acceptors (Lipinski definition) is 4. The molecule has 1 saturated carbocycles. The van der Waals surface area contributed by atoms with Gasteiger partial charge in [0.15, 0.2) is 5.96 Å². The fourth-order valence-corrected chi connectivity index (χ4v) is 4.24. The minimum atomic E-state index is -0.112. The molecule has 2 fully saturated rings. The van der Waals surface area contributed by atoms with Gasteiger partial charge in [0.2, 0.25) is 11.8 Å². The second-order valence-electron chi connectivity index (χ2n) is 8.30. The van der Waals surface area contributed by atoms with Crippen molar-refractivity contribution in [3.8, 4) is 5.75 Å². The zero-order chi connectivity index (χ0) is 22.1. The van der Waals surface area contributed by atoms with Crippen molar-refractivity contribution in [2.75, 3.05) is 33.8 Å². The Balaban J connectivity index is 1.37. The third kappa shape index (κ3) is 6.87. The molecule has 8 heteroatoms. The molecule has 3 N–H and O–H groups in total. The number of carbonyl (C=O) groups is 2. The molecule has 1 saturated heterocycles. The highest BCUT2D eigenvalue weighted by atomic mass is 16.5. The molecule has 0 spiro atoms. The summed E-state index contributed by atoms with van der Waals surface area (Å²) in [6.07, 6.45) is 6.54. The van der Waals surface area contributed by atoms with Crippen LogP contribution < -0.4 is 20.7 Å². The lowest BCUT2D eigenvalue weighted by Crippen LogP contribution is -2.48. The van der Waals surface area contributed by atoms with Gasteiger partial charge in [-0.05, 0) is 37.0 Å². The molecule has 1 unspecified atom stereocenters. The van der Waals surface area contributed by atoms with Gasteiger partial charge in [0.25, 0.3) is 0 Å². The van der Waals surface area contributed by atoms with E-state index in [1.54, 1.807) is 14.2 Å². The molecule has 8 nitrogen and oxygen atoms in total. The molecule has 170 valence electrons. The number of nitrogens with one attached hydrogen (secondary N) is 3. The van der Waals surface area contributed by atoms with E-state index in [1.165, 1.54) is 19.3 Å². The molecular weight excluding hydrogens is 394 g/mol. The molecule has 2 aliphatic rings. The van der Waals surface area contributed by atoms with Crippen molar-refractivity contribution in [1.29, 1.82) is 0 Å². The number of amides is 2. The lowest BCUT2D eigenvalue weighted by molar-refractivity contribution is -0.135. The summed E-state index contributed by atoms with van der Waals surface area (Å²) in [5, 5.41) is 9.30. The van der Waals surface area contributed by atoms with E-state index in [9.17, 15) is 9.59 Å². The van der Waals surface area contributed by atoms with Gasteiger partial charge in [0, 0.05) is 38.6 Å². The zero-order valence-electron chi connectivity index (χ0n) is 18.7. The van der Waals surface area contributed by atoms with Crippen LogP contribution in [0, 0.1) is 5.92 Å². The number of methoxy groups -OCH3 is 1. The number of guanidine groups is 1. The van der Waals surface area contributed by atoms with Gasteiger partial charge in [-0.3, -0.25) is 14.6 Å². The molecule has 0 bridgehead atoms. The van der Waals surface area contributed by atoms with Crippen LogP contribution in [0.4, 0.5) is 0 Å². The lowest BCUT2D eigenvalue weighted by atomic mass is 9.88. The summed E-state index contributed by atoms with van der Waals surface area (Å²) in [6.45, 7) is 2.07. The highest BCUT2D eigenvalue weighted by molar-refractivity contribution is 5.86. The van der Waals surface area contributed by atoms with Crippen LogP contribution in [-0.4, -0.2) is 62.5 Å². The summed E-state index contributed by atoms with van der Waals surface area (Å²) < 4.78 is 5.14. The molecule has 1 aliphatic carbocycles. The fraction of sp³-hybridized carbons (Fsp3) is 0.609. The largest absolute Gasteiger partial charge is 0.497 e. The number of likely N-dealkylation sites (tertiary alicyclic amines) is 1. The second kappa shape index (κ2) is 11.6. The Morgan fingerprint density at radius 3 is 2.52 bits per heavy atom. The Labute approximate surface area is 184 Å². The molecule has 1 atom stereocenters. The van der Waals surface area contributed by atoms with Crippen molar-refractivity contribution in [3.63, 3.8) is 0 Å². The van der Waals surface area contributed by atoms with E-state index < -0.39 is 0 Å². The van der Waals surface area contributed by atoms with Crippen LogP contribution in [0.25, 0.3) is 0 Å². The van der Waals surface area contributed by atoms with E-state index in [0.717, 1.165) is 37.1 Å². The molecule has 0 aromatic heterocycles. The molecular formula is C23H35N5O3. The van der Waals surface area contributed by atoms with Crippen LogP contribution in [0.1, 0.15) is 44.1 Å². The van der Waals surface area contributed by atoms with Gasteiger partial charge in [-0.2, -0.15) is 0 Å². The molecule has 1 aliphatic heterocycles. The monoisotopic (exact) mass is 429 g/mol. The number of carbonyl (C=O) groups excluding carboxylic acids is 2. The molecule has 1 heterocycles. The van der Waals surface area contributed by atoms with E-state index >= 15 is 0 Å². The third-order valence-electron chi connectivity index (χ3n) is 6.08. The van der Waals surface area contributed by atoms with Gasteiger partial charge in [-0.1, -0.05) is 31.4 Å². The van der Waals surface area contributed by atoms with E-state index in [1.807, 2.05) is 29.2 Å². The lowest BCUT2D eigenvalue weighted by Gasteiger charge is -2.26. The van der Waals surface area contributed by atoms with Crippen LogP contribution in [0.3, 0.4) is 0 Å². The van der Waals surface area contributed by atoms with Crippen molar-refractivity contribution in [3.05, 3.63) is 29.8 Å². The van der Waals surface area contributed by atoms with E-state index in [-0.39, 0.29) is 24.4 Å².